The summed E-state index contributed by atoms with van der Waals surface area (Å²) in [4.78, 5) is 16.5. The van der Waals surface area contributed by atoms with Gasteiger partial charge < -0.3 is 9.73 Å². The number of fused-ring (bicyclic) bond motifs is 1. The molecule has 0 spiro atoms. The van der Waals surface area contributed by atoms with E-state index in [1.54, 1.807) is 36.4 Å². The van der Waals surface area contributed by atoms with Crippen molar-refractivity contribution in [3.8, 4) is 11.5 Å². The summed E-state index contributed by atoms with van der Waals surface area (Å²) in [6.45, 7) is 5.58. The Balaban J connectivity index is 1.96. The SMILES string of the molecule is CC(C)(C)C(=O)Nc1ccc2oc(-c3ccc(Cl)cc3Cl)nc2c1. The summed E-state index contributed by atoms with van der Waals surface area (Å²) < 4.78 is 5.75. The Morgan fingerprint density at radius 3 is 2.54 bits per heavy atom. The molecule has 3 aromatic rings. The molecule has 0 aliphatic carbocycles. The van der Waals surface area contributed by atoms with Crippen LogP contribution in [0.3, 0.4) is 0 Å². The summed E-state index contributed by atoms with van der Waals surface area (Å²) in [5.41, 5.74) is 2.12. The smallest absolute Gasteiger partial charge is 0.229 e. The largest absolute Gasteiger partial charge is 0.436 e. The maximum atomic E-state index is 12.1. The van der Waals surface area contributed by atoms with Crippen LogP contribution in [0.2, 0.25) is 10.0 Å². The summed E-state index contributed by atoms with van der Waals surface area (Å²) in [6, 6.07) is 10.5. The van der Waals surface area contributed by atoms with E-state index in [-0.39, 0.29) is 5.91 Å². The molecule has 1 heterocycles. The molecule has 0 saturated heterocycles. The minimum absolute atomic E-state index is 0.0636. The highest BCUT2D eigenvalue weighted by Gasteiger charge is 2.21. The molecule has 3 rings (SSSR count). The maximum Gasteiger partial charge on any atom is 0.229 e. The lowest BCUT2D eigenvalue weighted by atomic mass is 9.95. The van der Waals surface area contributed by atoms with Gasteiger partial charge in [0.2, 0.25) is 11.8 Å². The molecule has 1 N–H and O–H groups in total. The number of aromatic nitrogens is 1. The summed E-state index contributed by atoms with van der Waals surface area (Å²) >= 11 is 12.1. The second-order valence-corrected chi connectivity index (χ2v) is 7.37. The number of rotatable bonds is 2. The number of amides is 1. The Bertz CT molecular complexity index is 926. The van der Waals surface area contributed by atoms with Gasteiger partial charge in [-0.3, -0.25) is 4.79 Å². The molecular weight excluding hydrogens is 347 g/mol. The van der Waals surface area contributed by atoms with Crippen molar-refractivity contribution in [2.45, 2.75) is 20.8 Å². The quantitative estimate of drug-likeness (QED) is 0.627. The lowest BCUT2D eigenvalue weighted by molar-refractivity contribution is -0.123. The molecule has 1 aromatic heterocycles. The van der Waals surface area contributed by atoms with Gasteiger partial charge in [0.25, 0.3) is 0 Å². The average Bonchev–Trinajstić information content (AvgIpc) is 2.88. The Labute approximate surface area is 149 Å². The van der Waals surface area contributed by atoms with Crippen molar-refractivity contribution in [2.75, 3.05) is 5.32 Å². The summed E-state index contributed by atoms with van der Waals surface area (Å²) in [5, 5.41) is 3.89. The zero-order valence-corrected chi connectivity index (χ0v) is 15.0. The number of oxazole rings is 1. The van der Waals surface area contributed by atoms with Crippen molar-refractivity contribution in [3.63, 3.8) is 0 Å². The molecule has 6 heteroatoms. The monoisotopic (exact) mass is 362 g/mol. The van der Waals surface area contributed by atoms with E-state index in [2.05, 4.69) is 10.3 Å². The van der Waals surface area contributed by atoms with Crippen LogP contribution in [0.4, 0.5) is 5.69 Å². The molecular formula is C18H16Cl2N2O2. The highest BCUT2D eigenvalue weighted by Crippen LogP contribution is 2.32. The van der Waals surface area contributed by atoms with Gasteiger partial charge in [-0.1, -0.05) is 44.0 Å². The van der Waals surface area contributed by atoms with Crippen molar-refractivity contribution < 1.29 is 9.21 Å². The highest BCUT2D eigenvalue weighted by molar-refractivity contribution is 6.36. The summed E-state index contributed by atoms with van der Waals surface area (Å²) in [5.74, 6) is 0.345. The Morgan fingerprint density at radius 2 is 1.88 bits per heavy atom. The first-order chi connectivity index (χ1) is 11.2. The first-order valence-corrected chi connectivity index (χ1v) is 8.17. The molecule has 124 valence electrons. The standard InChI is InChI=1S/C18H16Cl2N2O2/c1-18(2,3)17(23)21-11-5-7-15-14(9-11)22-16(24-15)12-6-4-10(19)8-13(12)20/h4-9H,1-3H3,(H,21,23). The second-order valence-electron chi connectivity index (χ2n) is 6.53. The molecule has 1 amide bonds. The molecule has 2 aromatic carbocycles. The fourth-order valence-electron chi connectivity index (χ4n) is 2.10. The number of hydrogen-bond donors (Lipinski definition) is 1. The van der Waals surface area contributed by atoms with Crippen LogP contribution in [-0.2, 0) is 4.79 Å². The number of hydrogen-bond acceptors (Lipinski definition) is 3. The van der Waals surface area contributed by atoms with E-state index in [1.165, 1.54) is 0 Å². The van der Waals surface area contributed by atoms with E-state index in [1.807, 2.05) is 20.8 Å². The van der Waals surface area contributed by atoms with Crippen LogP contribution in [0.25, 0.3) is 22.6 Å². The van der Waals surface area contributed by atoms with Gasteiger partial charge >= 0.3 is 0 Å². The molecule has 0 aliphatic heterocycles. The highest BCUT2D eigenvalue weighted by atomic mass is 35.5. The molecule has 0 fully saturated rings. The average molecular weight is 363 g/mol. The zero-order chi connectivity index (χ0) is 17.5. The van der Waals surface area contributed by atoms with Crippen molar-refractivity contribution in [1.82, 2.24) is 4.98 Å². The number of benzene rings is 2. The molecule has 0 saturated carbocycles. The van der Waals surface area contributed by atoms with Crippen molar-refractivity contribution in [3.05, 3.63) is 46.4 Å². The van der Waals surface area contributed by atoms with Gasteiger partial charge in [-0.05, 0) is 36.4 Å². The summed E-state index contributed by atoms with van der Waals surface area (Å²) in [7, 11) is 0. The van der Waals surface area contributed by atoms with Crippen LogP contribution in [0.15, 0.2) is 40.8 Å². The number of carbonyl (C=O) groups excluding carboxylic acids is 1. The first kappa shape index (κ1) is 16.8. The van der Waals surface area contributed by atoms with E-state index in [9.17, 15) is 4.79 Å². The third-order valence-electron chi connectivity index (χ3n) is 3.49. The number of nitrogens with zero attached hydrogens (tertiary/aromatic N) is 1. The number of nitrogens with one attached hydrogen (secondary N) is 1. The van der Waals surface area contributed by atoms with Gasteiger partial charge in [0, 0.05) is 16.1 Å². The van der Waals surface area contributed by atoms with E-state index in [4.69, 9.17) is 27.6 Å². The van der Waals surface area contributed by atoms with E-state index in [0.29, 0.717) is 38.3 Å². The third kappa shape index (κ3) is 3.40. The third-order valence-corrected chi connectivity index (χ3v) is 4.04. The molecule has 0 bridgehead atoms. The fourth-order valence-corrected chi connectivity index (χ4v) is 2.59. The zero-order valence-electron chi connectivity index (χ0n) is 13.5. The molecule has 0 unspecified atom stereocenters. The van der Waals surface area contributed by atoms with Crippen molar-refractivity contribution >= 4 is 45.9 Å². The Morgan fingerprint density at radius 1 is 1.12 bits per heavy atom. The second kappa shape index (κ2) is 6.11. The van der Waals surface area contributed by atoms with Crippen LogP contribution in [0.1, 0.15) is 20.8 Å². The van der Waals surface area contributed by atoms with Crippen molar-refractivity contribution in [1.29, 1.82) is 0 Å². The van der Waals surface area contributed by atoms with Gasteiger partial charge in [0.1, 0.15) is 5.52 Å². The fraction of sp³-hybridized carbons (Fsp3) is 0.222. The normalized spacial score (nSPS) is 11.7. The first-order valence-electron chi connectivity index (χ1n) is 7.41. The molecule has 0 atom stereocenters. The van der Waals surface area contributed by atoms with Crippen LogP contribution in [0.5, 0.6) is 0 Å². The minimum atomic E-state index is -0.471. The predicted octanol–water partition coefficient (Wildman–Crippen LogP) is 5.79. The van der Waals surface area contributed by atoms with Crippen LogP contribution in [-0.4, -0.2) is 10.9 Å². The number of anilines is 1. The van der Waals surface area contributed by atoms with Gasteiger partial charge in [-0.25, -0.2) is 4.98 Å². The van der Waals surface area contributed by atoms with E-state index < -0.39 is 5.41 Å². The van der Waals surface area contributed by atoms with E-state index >= 15 is 0 Å². The van der Waals surface area contributed by atoms with Gasteiger partial charge in [-0.15, -0.1) is 0 Å². The summed E-state index contributed by atoms with van der Waals surface area (Å²) in [6.07, 6.45) is 0. The van der Waals surface area contributed by atoms with E-state index in [0.717, 1.165) is 0 Å². The Hall–Kier alpha value is -2.04. The van der Waals surface area contributed by atoms with Gasteiger partial charge in [0.15, 0.2) is 5.58 Å². The lowest BCUT2D eigenvalue weighted by Gasteiger charge is -2.17. The minimum Gasteiger partial charge on any atom is -0.436 e. The van der Waals surface area contributed by atoms with Gasteiger partial charge in [-0.2, -0.15) is 0 Å². The molecule has 24 heavy (non-hydrogen) atoms. The maximum absolute atomic E-state index is 12.1. The molecule has 0 aliphatic rings. The lowest BCUT2D eigenvalue weighted by Crippen LogP contribution is -2.27. The molecule has 4 nitrogen and oxygen atoms in total. The predicted molar refractivity (Wildman–Crippen MR) is 97.5 cm³/mol. The van der Waals surface area contributed by atoms with Crippen LogP contribution < -0.4 is 5.32 Å². The topological polar surface area (TPSA) is 55.1 Å². The van der Waals surface area contributed by atoms with Crippen LogP contribution >= 0.6 is 23.2 Å². The van der Waals surface area contributed by atoms with Gasteiger partial charge in [0.05, 0.1) is 10.6 Å². The molecule has 0 radical (unpaired) electrons. The van der Waals surface area contributed by atoms with Crippen LogP contribution in [0, 0.1) is 5.41 Å². The number of halogens is 2. The van der Waals surface area contributed by atoms with Crippen molar-refractivity contribution in [2.24, 2.45) is 5.41 Å². The number of carbonyl (C=O) groups is 1. The Kier molecular flexibility index (Phi) is 4.28.